The van der Waals surface area contributed by atoms with E-state index in [0.717, 1.165) is 18.4 Å². The first kappa shape index (κ1) is 32.3. The number of pyridine rings is 1. The van der Waals surface area contributed by atoms with E-state index < -0.39 is 23.6 Å². The third kappa shape index (κ3) is 8.71. The van der Waals surface area contributed by atoms with Gasteiger partial charge in [-0.25, -0.2) is 9.78 Å². The number of carbonyl (C=O) groups excluding carboxylic acids is 3. The summed E-state index contributed by atoms with van der Waals surface area (Å²) in [5, 5.41) is 0.490. The smallest absolute Gasteiger partial charge is 0.416 e. The molecular weight excluding hydrogens is 591 g/mol. The van der Waals surface area contributed by atoms with Crippen molar-refractivity contribution in [2.24, 2.45) is 11.8 Å². The molecule has 228 valence electrons. The zero-order valence-electron chi connectivity index (χ0n) is 24.7. The highest BCUT2D eigenvalue weighted by molar-refractivity contribution is 6.39. The summed E-state index contributed by atoms with van der Waals surface area (Å²) >= 11 is 12.4. The van der Waals surface area contributed by atoms with E-state index in [4.69, 9.17) is 37.4 Å². The molecule has 8 nitrogen and oxygen atoms in total. The van der Waals surface area contributed by atoms with Gasteiger partial charge in [0.25, 0.3) is 0 Å². The normalized spacial score (nSPS) is 16.9. The number of nitrogens with zero attached hydrogens (tertiary/aromatic N) is 2. The van der Waals surface area contributed by atoms with Crippen LogP contribution in [-0.4, -0.2) is 48.2 Å². The van der Waals surface area contributed by atoms with Crippen LogP contribution in [0.1, 0.15) is 56.0 Å². The molecule has 0 saturated heterocycles. The summed E-state index contributed by atoms with van der Waals surface area (Å²) in [6.45, 7) is 6.03. The third-order valence-corrected chi connectivity index (χ3v) is 7.79. The summed E-state index contributed by atoms with van der Waals surface area (Å²) in [4.78, 5) is 44.5. The van der Waals surface area contributed by atoms with Crippen molar-refractivity contribution in [3.8, 4) is 5.75 Å². The van der Waals surface area contributed by atoms with Gasteiger partial charge >= 0.3 is 12.1 Å². The van der Waals surface area contributed by atoms with Crippen molar-refractivity contribution in [1.82, 2.24) is 4.98 Å². The van der Waals surface area contributed by atoms with Crippen LogP contribution in [0.25, 0.3) is 0 Å². The summed E-state index contributed by atoms with van der Waals surface area (Å²) in [5.74, 6) is 0.0221. The number of Topliss-reactive ketones (excluding diaryl/α,β-unsaturated/α-hetero) is 1. The van der Waals surface area contributed by atoms with E-state index in [9.17, 15) is 14.4 Å². The van der Waals surface area contributed by atoms with Gasteiger partial charge in [0.05, 0.1) is 35.2 Å². The molecule has 1 fully saturated rings. The SMILES string of the molecule is COC(=O)[C@@H](CC(=O)c1c(Cl)cccc1Cl)Cc1ccc(OCC2CC(N(C(=O)OC(C)(C)C)c3ccccn3)C2)cc1. The van der Waals surface area contributed by atoms with Gasteiger partial charge in [-0.05, 0) is 87.9 Å². The fourth-order valence-electron chi connectivity index (χ4n) is 5.00. The van der Waals surface area contributed by atoms with Crippen LogP contribution in [0.3, 0.4) is 0 Å². The Bertz CT molecular complexity index is 1400. The fourth-order valence-corrected chi connectivity index (χ4v) is 5.61. The van der Waals surface area contributed by atoms with E-state index in [0.29, 0.717) is 24.6 Å². The highest BCUT2D eigenvalue weighted by Gasteiger charge is 2.39. The van der Waals surface area contributed by atoms with Crippen molar-refractivity contribution in [3.05, 3.63) is 88.0 Å². The number of anilines is 1. The zero-order valence-corrected chi connectivity index (χ0v) is 26.2. The molecule has 0 unspecified atom stereocenters. The first-order valence-electron chi connectivity index (χ1n) is 14.1. The van der Waals surface area contributed by atoms with Gasteiger partial charge in [-0.3, -0.25) is 14.5 Å². The van der Waals surface area contributed by atoms with Crippen molar-refractivity contribution in [2.45, 2.75) is 58.1 Å². The van der Waals surface area contributed by atoms with Gasteiger partial charge in [-0.15, -0.1) is 0 Å². The zero-order chi connectivity index (χ0) is 31.1. The Balaban J connectivity index is 1.32. The van der Waals surface area contributed by atoms with Crippen LogP contribution in [-0.2, 0) is 20.7 Å². The molecule has 3 aromatic rings. The second kappa shape index (κ2) is 14.2. The summed E-state index contributed by atoms with van der Waals surface area (Å²) in [6.07, 6.45) is 2.99. The molecule has 1 heterocycles. The second-order valence-electron chi connectivity index (χ2n) is 11.6. The van der Waals surface area contributed by atoms with Gasteiger partial charge < -0.3 is 14.2 Å². The summed E-state index contributed by atoms with van der Waals surface area (Å²) in [7, 11) is 1.30. The fraction of sp³-hybridized carbons (Fsp3) is 0.394. The molecule has 1 aliphatic rings. The summed E-state index contributed by atoms with van der Waals surface area (Å²) in [6, 6.07) is 17.7. The number of hydrogen-bond acceptors (Lipinski definition) is 7. The quantitative estimate of drug-likeness (QED) is 0.160. The molecule has 43 heavy (non-hydrogen) atoms. The maximum absolute atomic E-state index is 13.0. The lowest BCUT2D eigenvalue weighted by Crippen LogP contribution is -2.51. The molecule has 2 aromatic carbocycles. The molecule has 1 saturated carbocycles. The van der Waals surface area contributed by atoms with Crippen molar-refractivity contribution in [1.29, 1.82) is 0 Å². The Morgan fingerprint density at radius 3 is 2.23 bits per heavy atom. The average Bonchev–Trinajstić information content (AvgIpc) is 2.93. The average molecular weight is 628 g/mol. The molecule has 10 heteroatoms. The number of methoxy groups -OCH3 is 1. The van der Waals surface area contributed by atoms with Gasteiger partial charge in [0.1, 0.15) is 17.2 Å². The Hall–Kier alpha value is -3.62. The van der Waals surface area contributed by atoms with Gasteiger partial charge in [-0.1, -0.05) is 47.5 Å². The van der Waals surface area contributed by atoms with Crippen molar-refractivity contribution in [3.63, 3.8) is 0 Å². The summed E-state index contributed by atoms with van der Waals surface area (Å²) < 4.78 is 16.6. The number of hydrogen-bond donors (Lipinski definition) is 0. The second-order valence-corrected chi connectivity index (χ2v) is 12.4. The van der Waals surface area contributed by atoms with Gasteiger partial charge in [-0.2, -0.15) is 0 Å². The molecule has 0 bridgehead atoms. The van der Waals surface area contributed by atoms with Gasteiger partial charge in [0.2, 0.25) is 0 Å². The predicted octanol–water partition coefficient (Wildman–Crippen LogP) is 7.59. The standard InChI is InChI=1S/C33H36Cl2N2O6/c1-33(2,3)43-32(40)37(29-10-5-6-15-36-29)24-17-22(18-24)20-42-25-13-11-21(12-14-25)16-23(31(39)41-4)19-28(38)30-26(34)8-7-9-27(30)35/h5-15,22-24H,16-20H2,1-4H3/t22?,23-,24?/m1/s1. The largest absolute Gasteiger partial charge is 0.493 e. The number of rotatable bonds is 11. The highest BCUT2D eigenvalue weighted by Crippen LogP contribution is 2.36. The lowest BCUT2D eigenvalue weighted by atomic mass is 9.80. The molecule has 4 rings (SSSR count). The molecule has 1 atom stereocenters. The minimum Gasteiger partial charge on any atom is -0.493 e. The van der Waals surface area contributed by atoms with Crippen molar-refractivity contribution in [2.75, 3.05) is 18.6 Å². The first-order valence-corrected chi connectivity index (χ1v) is 14.9. The Labute approximate surface area is 262 Å². The monoisotopic (exact) mass is 626 g/mol. The summed E-state index contributed by atoms with van der Waals surface area (Å²) in [5.41, 5.74) is 0.446. The lowest BCUT2D eigenvalue weighted by Gasteiger charge is -2.42. The van der Waals surface area contributed by atoms with E-state index in [1.54, 1.807) is 29.3 Å². The minimum atomic E-state index is -0.699. The van der Waals surface area contributed by atoms with Crippen LogP contribution in [0.15, 0.2) is 66.9 Å². The van der Waals surface area contributed by atoms with E-state index in [-0.39, 0.29) is 39.8 Å². The molecule has 0 spiro atoms. The van der Waals surface area contributed by atoms with Crippen LogP contribution < -0.4 is 9.64 Å². The molecule has 1 amide bonds. The maximum Gasteiger partial charge on any atom is 0.416 e. The molecule has 0 N–H and O–H groups in total. The maximum atomic E-state index is 13.0. The number of esters is 1. The Kier molecular flexibility index (Phi) is 10.7. The first-order chi connectivity index (χ1) is 20.4. The third-order valence-electron chi connectivity index (χ3n) is 7.16. The number of benzene rings is 2. The molecule has 0 radical (unpaired) electrons. The number of ether oxygens (including phenoxy) is 3. The molecule has 1 aromatic heterocycles. The molecule has 1 aliphatic carbocycles. The van der Waals surface area contributed by atoms with Crippen LogP contribution in [0, 0.1) is 11.8 Å². The Morgan fingerprint density at radius 2 is 1.65 bits per heavy atom. The van der Waals surface area contributed by atoms with E-state index in [1.165, 1.54) is 7.11 Å². The predicted molar refractivity (Wildman–Crippen MR) is 166 cm³/mol. The van der Waals surface area contributed by atoms with E-state index >= 15 is 0 Å². The van der Waals surface area contributed by atoms with Gasteiger partial charge in [0.15, 0.2) is 5.78 Å². The van der Waals surface area contributed by atoms with Gasteiger partial charge in [0, 0.05) is 18.7 Å². The highest BCUT2D eigenvalue weighted by atomic mass is 35.5. The lowest BCUT2D eigenvalue weighted by molar-refractivity contribution is -0.145. The van der Waals surface area contributed by atoms with Crippen LogP contribution in [0.5, 0.6) is 5.75 Å². The minimum absolute atomic E-state index is 0.0284. The topological polar surface area (TPSA) is 95.0 Å². The number of amides is 1. The number of halogens is 2. The van der Waals surface area contributed by atoms with E-state index in [2.05, 4.69) is 4.98 Å². The van der Waals surface area contributed by atoms with Crippen LogP contribution >= 0.6 is 23.2 Å². The van der Waals surface area contributed by atoms with Crippen molar-refractivity contribution < 1.29 is 28.6 Å². The number of ketones is 1. The molecular formula is C33H36Cl2N2O6. The Morgan fingerprint density at radius 1 is 0.977 bits per heavy atom. The van der Waals surface area contributed by atoms with Crippen LogP contribution in [0.4, 0.5) is 10.6 Å². The number of carbonyl (C=O) groups is 3. The van der Waals surface area contributed by atoms with Crippen molar-refractivity contribution >= 4 is 46.9 Å². The van der Waals surface area contributed by atoms with Crippen LogP contribution in [0.2, 0.25) is 10.0 Å². The number of aromatic nitrogens is 1. The molecule has 0 aliphatic heterocycles. The van der Waals surface area contributed by atoms with E-state index in [1.807, 2.05) is 63.2 Å².